The lowest BCUT2D eigenvalue weighted by Gasteiger charge is -2.09. The minimum absolute atomic E-state index is 0.192. The zero-order valence-corrected chi connectivity index (χ0v) is 12.2. The van der Waals surface area contributed by atoms with Crippen molar-refractivity contribution in [1.29, 1.82) is 5.26 Å². The van der Waals surface area contributed by atoms with Gasteiger partial charge in [-0.1, -0.05) is 0 Å². The second-order valence-corrected chi connectivity index (χ2v) is 6.46. The number of hydrogen-bond donors (Lipinski definition) is 1. The van der Waals surface area contributed by atoms with Crippen molar-refractivity contribution in [3.63, 3.8) is 0 Å². The third-order valence-electron chi connectivity index (χ3n) is 4.14. The Morgan fingerprint density at radius 2 is 2.33 bits per heavy atom. The zero-order valence-electron chi connectivity index (χ0n) is 11.4. The number of thiazole rings is 1. The average molecular weight is 294 g/mol. The van der Waals surface area contributed by atoms with E-state index in [9.17, 15) is 0 Å². The third-order valence-corrected chi connectivity index (χ3v) is 4.90. The van der Waals surface area contributed by atoms with Crippen molar-refractivity contribution in [1.82, 2.24) is 9.55 Å². The SMILES string of the molecule is N#Cc1ccc2c(c1)c1c(n2Cc2cncs2)C[C@H](N)C1. The minimum atomic E-state index is 0.192. The van der Waals surface area contributed by atoms with E-state index in [0.717, 1.165) is 19.4 Å². The summed E-state index contributed by atoms with van der Waals surface area (Å²) in [6.45, 7) is 0.828. The lowest BCUT2D eigenvalue weighted by atomic mass is 10.1. The molecular formula is C16H14N4S. The van der Waals surface area contributed by atoms with Gasteiger partial charge in [-0.3, -0.25) is 4.98 Å². The molecule has 0 unspecified atom stereocenters. The molecule has 0 saturated carbocycles. The van der Waals surface area contributed by atoms with Gasteiger partial charge in [0.2, 0.25) is 0 Å². The number of nitrogens with two attached hydrogens (primary N) is 1. The Labute approximate surface area is 126 Å². The lowest BCUT2D eigenvalue weighted by molar-refractivity contribution is 0.689. The topological polar surface area (TPSA) is 67.6 Å². The highest BCUT2D eigenvalue weighted by Gasteiger charge is 2.26. The van der Waals surface area contributed by atoms with Crippen LogP contribution in [0.4, 0.5) is 0 Å². The predicted molar refractivity (Wildman–Crippen MR) is 83.3 cm³/mol. The molecule has 21 heavy (non-hydrogen) atoms. The van der Waals surface area contributed by atoms with Crippen LogP contribution in [-0.4, -0.2) is 15.6 Å². The fourth-order valence-corrected chi connectivity index (χ4v) is 3.83. The summed E-state index contributed by atoms with van der Waals surface area (Å²) in [4.78, 5) is 5.39. The molecule has 0 spiro atoms. The Hall–Kier alpha value is -2.16. The first kappa shape index (κ1) is 12.6. The first-order valence-electron chi connectivity index (χ1n) is 6.93. The molecule has 5 heteroatoms. The number of aromatic nitrogens is 2. The van der Waals surface area contributed by atoms with Gasteiger partial charge in [0, 0.05) is 40.1 Å². The van der Waals surface area contributed by atoms with E-state index in [1.807, 2.05) is 23.8 Å². The van der Waals surface area contributed by atoms with Gasteiger partial charge in [0.15, 0.2) is 0 Å². The molecule has 0 radical (unpaired) electrons. The van der Waals surface area contributed by atoms with Crippen LogP contribution in [0.15, 0.2) is 29.9 Å². The first-order valence-corrected chi connectivity index (χ1v) is 7.81. The van der Waals surface area contributed by atoms with E-state index >= 15 is 0 Å². The van der Waals surface area contributed by atoms with Gasteiger partial charge in [-0.2, -0.15) is 5.26 Å². The molecule has 1 aliphatic carbocycles. The number of fused-ring (bicyclic) bond motifs is 3. The van der Waals surface area contributed by atoms with E-state index in [2.05, 4.69) is 21.7 Å². The summed E-state index contributed by atoms with van der Waals surface area (Å²) in [7, 11) is 0. The van der Waals surface area contributed by atoms with E-state index in [0.29, 0.717) is 5.56 Å². The monoisotopic (exact) mass is 294 g/mol. The van der Waals surface area contributed by atoms with Crippen LogP contribution >= 0.6 is 11.3 Å². The Morgan fingerprint density at radius 1 is 1.43 bits per heavy atom. The number of nitrogens with zero attached hydrogens (tertiary/aromatic N) is 3. The van der Waals surface area contributed by atoms with Gasteiger partial charge in [-0.25, -0.2) is 0 Å². The molecule has 1 aliphatic rings. The van der Waals surface area contributed by atoms with Crippen molar-refractivity contribution >= 4 is 22.2 Å². The maximum Gasteiger partial charge on any atom is 0.0991 e. The Balaban J connectivity index is 1.93. The summed E-state index contributed by atoms with van der Waals surface area (Å²) < 4.78 is 2.34. The first-order chi connectivity index (χ1) is 10.3. The molecule has 2 aromatic heterocycles. The second-order valence-electron chi connectivity index (χ2n) is 5.49. The van der Waals surface area contributed by atoms with Gasteiger partial charge in [-0.05, 0) is 30.2 Å². The lowest BCUT2D eigenvalue weighted by Crippen LogP contribution is -2.20. The van der Waals surface area contributed by atoms with Crippen molar-refractivity contribution < 1.29 is 0 Å². The number of rotatable bonds is 2. The summed E-state index contributed by atoms with van der Waals surface area (Å²) >= 11 is 1.67. The summed E-state index contributed by atoms with van der Waals surface area (Å²) in [5, 5.41) is 10.3. The van der Waals surface area contributed by atoms with Crippen molar-refractivity contribution in [3.05, 3.63) is 51.6 Å². The Morgan fingerprint density at radius 3 is 3.10 bits per heavy atom. The molecule has 0 fully saturated rings. The largest absolute Gasteiger partial charge is 0.339 e. The quantitative estimate of drug-likeness (QED) is 0.789. The molecule has 0 aliphatic heterocycles. The molecule has 0 bridgehead atoms. The molecule has 3 aromatic rings. The third kappa shape index (κ3) is 1.96. The van der Waals surface area contributed by atoms with E-state index in [4.69, 9.17) is 11.0 Å². The van der Waals surface area contributed by atoms with Gasteiger partial charge < -0.3 is 10.3 Å². The molecule has 4 rings (SSSR count). The highest BCUT2D eigenvalue weighted by Crippen LogP contribution is 2.34. The average Bonchev–Trinajstić information content (AvgIpc) is 3.18. The number of hydrogen-bond acceptors (Lipinski definition) is 4. The van der Waals surface area contributed by atoms with Crippen LogP contribution in [0.3, 0.4) is 0 Å². The van der Waals surface area contributed by atoms with E-state index in [1.165, 1.54) is 27.0 Å². The highest BCUT2D eigenvalue weighted by atomic mass is 32.1. The van der Waals surface area contributed by atoms with Crippen LogP contribution in [0.25, 0.3) is 10.9 Å². The Bertz CT molecular complexity index is 855. The van der Waals surface area contributed by atoms with E-state index in [-0.39, 0.29) is 6.04 Å². The predicted octanol–water partition coefficient (Wildman–Crippen LogP) is 2.44. The van der Waals surface area contributed by atoms with E-state index in [1.54, 1.807) is 11.3 Å². The molecule has 1 aromatic carbocycles. The summed E-state index contributed by atoms with van der Waals surface area (Å²) in [6.07, 6.45) is 3.72. The van der Waals surface area contributed by atoms with Gasteiger partial charge in [-0.15, -0.1) is 11.3 Å². The smallest absolute Gasteiger partial charge is 0.0991 e. The molecule has 0 saturated heterocycles. The summed E-state index contributed by atoms with van der Waals surface area (Å²) in [5.74, 6) is 0. The van der Waals surface area contributed by atoms with Crippen LogP contribution in [0, 0.1) is 11.3 Å². The van der Waals surface area contributed by atoms with Gasteiger partial charge in [0.25, 0.3) is 0 Å². The Kier molecular flexibility index (Phi) is 2.81. The van der Waals surface area contributed by atoms with Gasteiger partial charge in [0.05, 0.1) is 23.7 Å². The molecule has 2 heterocycles. The summed E-state index contributed by atoms with van der Waals surface area (Å²) in [5.41, 5.74) is 12.5. The van der Waals surface area contributed by atoms with Crippen molar-refractivity contribution in [2.75, 3.05) is 0 Å². The normalized spacial score (nSPS) is 17.0. The van der Waals surface area contributed by atoms with Crippen molar-refractivity contribution in [2.24, 2.45) is 5.73 Å². The van der Waals surface area contributed by atoms with Crippen LogP contribution in [0.5, 0.6) is 0 Å². The molecule has 0 amide bonds. The van der Waals surface area contributed by atoms with Crippen molar-refractivity contribution in [2.45, 2.75) is 25.4 Å². The second kappa shape index (κ2) is 4.69. The maximum absolute atomic E-state index is 9.12. The number of benzene rings is 1. The fourth-order valence-electron chi connectivity index (χ4n) is 3.25. The summed E-state index contributed by atoms with van der Waals surface area (Å²) in [6, 6.07) is 8.36. The van der Waals surface area contributed by atoms with Crippen molar-refractivity contribution in [3.8, 4) is 6.07 Å². The van der Waals surface area contributed by atoms with Gasteiger partial charge in [0.1, 0.15) is 0 Å². The minimum Gasteiger partial charge on any atom is -0.339 e. The van der Waals surface area contributed by atoms with Crippen LogP contribution in [-0.2, 0) is 19.4 Å². The zero-order chi connectivity index (χ0) is 14.4. The van der Waals surface area contributed by atoms with E-state index < -0.39 is 0 Å². The molecule has 104 valence electrons. The standard InChI is InChI=1S/C16H14N4S/c17-6-10-1-2-15-13(3-10)14-4-11(18)5-16(14)20(15)8-12-7-19-9-21-12/h1-3,7,9,11H,4-5,8,18H2/t11-/m1/s1. The van der Waals surface area contributed by atoms with Crippen LogP contribution in [0.1, 0.15) is 21.7 Å². The van der Waals surface area contributed by atoms with Gasteiger partial charge >= 0.3 is 0 Å². The fraction of sp³-hybridized carbons (Fsp3) is 0.250. The van der Waals surface area contributed by atoms with Crippen LogP contribution in [0.2, 0.25) is 0 Å². The van der Waals surface area contributed by atoms with Crippen LogP contribution < -0.4 is 5.73 Å². The molecule has 4 nitrogen and oxygen atoms in total. The molecular weight excluding hydrogens is 280 g/mol. The maximum atomic E-state index is 9.12. The molecule has 2 N–H and O–H groups in total. The number of nitriles is 1. The highest BCUT2D eigenvalue weighted by molar-refractivity contribution is 7.09. The molecule has 1 atom stereocenters.